The average Bonchev–Trinajstić information content (AvgIpc) is 2.04. The van der Waals surface area contributed by atoms with Crippen LogP contribution in [0.4, 0.5) is 0 Å². The zero-order valence-electron chi connectivity index (χ0n) is 7.82. The van der Waals surface area contributed by atoms with Crippen LogP contribution in [0.2, 0.25) is 0 Å². The van der Waals surface area contributed by atoms with Crippen molar-refractivity contribution in [3.8, 4) is 0 Å². The molecule has 0 rings (SSSR count). The number of ether oxygens (including phenoxy) is 1. The maximum atomic E-state index is 10.7. The zero-order valence-corrected chi connectivity index (χ0v) is 14.1. The van der Waals surface area contributed by atoms with Crippen LogP contribution in [0.3, 0.4) is 0 Å². The van der Waals surface area contributed by atoms with E-state index in [0.29, 0.717) is 0 Å². The molecule has 0 aromatic rings. The quantitative estimate of drug-likeness (QED) is 0.428. The van der Waals surface area contributed by atoms with E-state index < -0.39 is 23.3 Å². The third-order valence-electron chi connectivity index (χ3n) is 1.57. The van der Waals surface area contributed by atoms with Crippen LogP contribution >= 0.6 is 8.25 Å². The fraction of sp³-hybridized carbons (Fsp3) is 0.625. The minimum atomic E-state index is -1.38. The fourth-order valence-corrected chi connectivity index (χ4v) is 6.47. The summed E-state index contributed by atoms with van der Waals surface area (Å²) in [4.78, 5) is 10.7. The van der Waals surface area contributed by atoms with E-state index in [9.17, 15) is 4.79 Å². The van der Waals surface area contributed by atoms with Gasteiger partial charge in [0, 0.05) is 0 Å². The van der Waals surface area contributed by atoms with Crippen LogP contribution in [0.1, 0.15) is 33.6 Å². The summed E-state index contributed by atoms with van der Waals surface area (Å²) in [7, 11) is 5.90. The first-order chi connectivity index (χ1) is 5.65. The number of carbonyl (C=O) groups excluding carboxylic acids is 1. The molecule has 0 aliphatic rings. The summed E-state index contributed by atoms with van der Waals surface area (Å²) < 4.78 is 6.29. The molecule has 0 unspecified atom stereocenters. The molecule has 0 aliphatic heterocycles. The number of esters is 1. The maximum absolute atomic E-state index is 10.7. The molecule has 0 atom stereocenters. The molecule has 0 fully saturated rings. The van der Waals surface area contributed by atoms with E-state index >= 15 is 0 Å². The van der Waals surface area contributed by atoms with Crippen molar-refractivity contribution in [3.05, 3.63) is 8.84 Å². The zero-order chi connectivity index (χ0) is 9.56. The Morgan fingerprint density at radius 1 is 1.42 bits per heavy atom. The van der Waals surface area contributed by atoms with Gasteiger partial charge >= 0.3 is 89.5 Å². The summed E-state index contributed by atoms with van der Waals surface area (Å²) in [6.45, 7) is 5.46. The summed E-state index contributed by atoms with van der Waals surface area (Å²) in [5.74, 6) is 0.581. The van der Waals surface area contributed by atoms with E-state index in [1.807, 2.05) is 6.92 Å². The third-order valence-corrected chi connectivity index (χ3v) is 9.13. The number of hydrogen-bond donors (Lipinski definition) is 0. The van der Waals surface area contributed by atoms with Gasteiger partial charge in [-0.05, 0) is 0 Å². The Morgan fingerprint density at radius 3 is 2.25 bits per heavy atom. The second-order valence-electron chi connectivity index (χ2n) is 2.46. The van der Waals surface area contributed by atoms with Gasteiger partial charge in [-0.3, -0.25) is 0 Å². The van der Waals surface area contributed by atoms with E-state index in [-0.39, 0.29) is 5.97 Å². The molecular weight excluding hydrogens is 364 g/mol. The first kappa shape index (κ1) is 12.4. The standard InChI is InChI=1S/C8H13O2.ClH.Hg/c1-4-6-8(5-2)10-7(3)9;;/h4-5H2,1-3H3;1H;/q;;+1/p-1. The van der Waals surface area contributed by atoms with Crippen molar-refractivity contribution in [1.29, 1.82) is 0 Å². The van der Waals surface area contributed by atoms with Crippen molar-refractivity contribution in [3.63, 3.8) is 0 Å². The molecule has 0 saturated carbocycles. The van der Waals surface area contributed by atoms with E-state index in [2.05, 4.69) is 6.92 Å². The molecule has 0 aromatic heterocycles. The molecular formula is C8H13ClHgO2. The van der Waals surface area contributed by atoms with E-state index in [1.165, 1.54) is 10.0 Å². The second-order valence-corrected chi connectivity index (χ2v) is 9.16. The number of carbonyl (C=O) groups is 1. The van der Waals surface area contributed by atoms with Crippen LogP contribution in [0.5, 0.6) is 0 Å². The summed E-state index contributed by atoms with van der Waals surface area (Å²) in [6.07, 6.45) is 1.71. The van der Waals surface area contributed by atoms with E-state index in [4.69, 9.17) is 13.0 Å². The molecule has 4 heteroatoms. The minimum absolute atomic E-state index is 0.240. The summed E-state index contributed by atoms with van der Waals surface area (Å²) in [5, 5.41) is 0. The van der Waals surface area contributed by atoms with Crippen molar-refractivity contribution in [2.24, 2.45) is 0 Å². The molecule has 0 spiro atoms. The Balaban J connectivity index is 4.45. The predicted molar refractivity (Wildman–Crippen MR) is 45.2 cm³/mol. The molecule has 0 amide bonds. The molecule has 0 N–H and O–H groups in total. The third kappa shape index (κ3) is 4.46. The van der Waals surface area contributed by atoms with E-state index in [1.54, 1.807) is 0 Å². The van der Waals surface area contributed by atoms with Crippen LogP contribution in [-0.2, 0) is 32.9 Å². The number of allylic oxidation sites excluding steroid dienone is 2. The van der Waals surface area contributed by atoms with Gasteiger partial charge in [-0.2, -0.15) is 0 Å². The van der Waals surface area contributed by atoms with Crippen LogP contribution in [0, 0.1) is 0 Å². The van der Waals surface area contributed by atoms with Crippen molar-refractivity contribution in [2.75, 3.05) is 0 Å². The number of hydrogen-bond acceptors (Lipinski definition) is 2. The molecule has 12 heavy (non-hydrogen) atoms. The molecule has 66 valence electrons. The van der Waals surface area contributed by atoms with Gasteiger partial charge in [0.25, 0.3) is 0 Å². The van der Waals surface area contributed by atoms with Crippen LogP contribution in [0.25, 0.3) is 0 Å². The van der Waals surface area contributed by atoms with Crippen molar-refractivity contribution in [2.45, 2.75) is 33.6 Å². The summed E-state index contributed by atoms with van der Waals surface area (Å²) in [5.41, 5.74) is 0. The van der Waals surface area contributed by atoms with Gasteiger partial charge in [0.1, 0.15) is 0 Å². The van der Waals surface area contributed by atoms with Gasteiger partial charge in [-0.15, -0.1) is 0 Å². The second kappa shape index (κ2) is 6.90. The fourth-order valence-electron chi connectivity index (χ4n) is 0.934. The summed E-state index contributed by atoms with van der Waals surface area (Å²) in [6, 6.07) is 0. The molecule has 0 heterocycles. The van der Waals surface area contributed by atoms with Crippen LogP contribution < -0.4 is 0 Å². The van der Waals surface area contributed by atoms with E-state index in [0.717, 1.165) is 18.6 Å². The normalized spacial score (nSPS) is 11.7. The van der Waals surface area contributed by atoms with Crippen molar-refractivity contribution >= 4 is 14.2 Å². The van der Waals surface area contributed by atoms with Crippen LogP contribution in [-0.4, -0.2) is 5.97 Å². The first-order valence-corrected chi connectivity index (χ1v) is 13.6. The topological polar surface area (TPSA) is 26.3 Å². The Bertz CT molecular complexity index is 183. The molecule has 0 aliphatic carbocycles. The first-order valence-electron chi connectivity index (χ1n) is 4.10. The van der Waals surface area contributed by atoms with Gasteiger partial charge < -0.3 is 0 Å². The number of rotatable bonds is 4. The summed E-state index contributed by atoms with van der Waals surface area (Å²) >= 11 is -1.38. The molecule has 0 aromatic carbocycles. The molecule has 0 radical (unpaired) electrons. The SMILES string of the molecule is CC/C(OC(C)=O)=[C](/CC)[Hg][Cl]. The number of halogens is 1. The molecule has 0 bridgehead atoms. The predicted octanol–water partition coefficient (Wildman–Crippen LogP) is 2.82. The monoisotopic (exact) mass is 378 g/mol. The average molecular weight is 377 g/mol. The molecule has 2 nitrogen and oxygen atoms in total. The molecule has 0 saturated heterocycles. The Hall–Kier alpha value is 0.435. The van der Waals surface area contributed by atoms with Crippen molar-refractivity contribution in [1.82, 2.24) is 0 Å². The van der Waals surface area contributed by atoms with Gasteiger partial charge in [0.05, 0.1) is 0 Å². The van der Waals surface area contributed by atoms with Gasteiger partial charge in [-0.25, -0.2) is 0 Å². The van der Waals surface area contributed by atoms with Gasteiger partial charge in [0.2, 0.25) is 0 Å². The Labute approximate surface area is 89.2 Å². The van der Waals surface area contributed by atoms with Crippen LogP contribution in [0.15, 0.2) is 8.84 Å². The van der Waals surface area contributed by atoms with Gasteiger partial charge in [0.15, 0.2) is 0 Å². The van der Waals surface area contributed by atoms with Gasteiger partial charge in [-0.1, -0.05) is 0 Å². The van der Waals surface area contributed by atoms with Crippen molar-refractivity contribution < 1.29 is 32.9 Å². The Morgan fingerprint density at radius 2 is 2.00 bits per heavy atom. The Kier molecular flexibility index (Phi) is 7.15.